The fourth-order valence-electron chi connectivity index (χ4n) is 2.44. The Morgan fingerprint density at radius 2 is 2.15 bits per heavy atom. The highest BCUT2D eigenvalue weighted by Crippen LogP contribution is 2.28. The van der Waals surface area contributed by atoms with Crippen molar-refractivity contribution in [2.45, 2.75) is 26.3 Å². The lowest BCUT2D eigenvalue weighted by molar-refractivity contribution is -0.122. The molecule has 0 radical (unpaired) electrons. The number of amides is 1. The number of rotatable bonds is 5. The van der Waals surface area contributed by atoms with Gasteiger partial charge in [0.25, 0.3) is 0 Å². The Bertz CT molecular complexity index is 637. The van der Waals surface area contributed by atoms with Crippen LogP contribution < -0.4 is 5.73 Å². The summed E-state index contributed by atoms with van der Waals surface area (Å²) in [5, 5.41) is 0.600. The third-order valence-electron chi connectivity index (χ3n) is 3.24. The molecule has 2 aromatic rings. The number of imidazole rings is 1. The van der Waals surface area contributed by atoms with Gasteiger partial charge in [0.05, 0.1) is 11.0 Å². The molecule has 0 aliphatic carbocycles. The SMILES string of the molecule is CC(C)C(C(N)=O)n1c(CCCl)nc2ccc(Cl)cc21. The van der Waals surface area contributed by atoms with Crippen LogP contribution in [0.1, 0.15) is 25.7 Å². The first-order valence-electron chi connectivity index (χ1n) is 6.47. The number of nitrogens with zero attached hydrogens (tertiary/aromatic N) is 2. The number of halogens is 2. The first kappa shape index (κ1) is 15.1. The molecule has 6 heteroatoms. The number of primary amides is 1. The maximum atomic E-state index is 11.8. The van der Waals surface area contributed by atoms with Crippen molar-refractivity contribution >= 4 is 40.1 Å². The quantitative estimate of drug-likeness (QED) is 0.862. The molecule has 1 amide bonds. The first-order valence-corrected chi connectivity index (χ1v) is 7.38. The number of hydrogen-bond acceptors (Lipinski definition) is 2. The molecule has 1 aromatic heterocycles. The minimum Gasteiger partial charge on any atom is -0.368 e. The Labute approximate surface area is 127 Å². The molecule has 0 aliphatic rings. The zero-order chi connectivity index (χ0) is 14.9. The Hall–Kier alpha value is -1.26. The second-order valence-electron chi connectivity index (χ2n) is 5.06. The van der Waals surface area contributed by atoms with E-state index in [0.29, 0.717) is 17.3 Å². The van der Waals surface area contributed by atoms with Crippen molar-refractivity contribution in [1.82, 2.24) is 9.55 Å². The Morgan fingerprint density at radius 3 is 2.70 bits per heavy atom. The molecule has 0 saturated carbocycles. The molecule has 1 heterocycles. The van der Waals surface area contributed by atoms with Crippen LogP contribution in [0.15, 0.2) is 18.2 Å². The van der Waals surface area contributed by atoms with Crippen molar-refractivity contribution in [2.24, 2.45) is 11.7 Å². The van der Waals surface area contributed by atoms with E-state index in [-0.39, 0.29) is 11.8 Å². The van der Waals surface area contributed by atoms with Gasteiger partial charge in [0.15, 0.2) is 0 Å². The van der Waals surface area contributed by atoms with Crippen molar-refractivity contribution in [3.05, 3.63) is 29.0 Å². The highest BCUT2D eigenvalue weighted by atomic mass is 35.5. The van der Waals surface area contributed by atoms with E-state index in [4.69, 9.17) is 28.9 Å². The lowest BCUT2D eigenvalue weighted by Crippen LogP contribution is -2.31. The Balaban J connectivity index is 2.71. The van der Waals surface area contributed by atoms with Gasteiger partial charge in [-0.2, -0.15) is 0 Å². The third-order valence-corrected chi connectivity index (χ3v) is 3.67. The second kappa shape index (κ2) is 6.02. The summed E-state index contributed by atoms with van der Waals surface area (Å²) in [6.07, 6.45) is 0.574. The summed E-state index contributed by atoms with van der Waals surface area (Å²) in [4.78, 5) is 16.4. The van der Waals surface area contributed by atoms with Gasteiger partial charge < -0.3 is 10.3 Å². The number of aryl methyl sites for hydroxylation is 1. The molecule has 108 valence electrons. The Morgan fingerprint density at radius 1 is 1.45 bits per heavy atom. The summed E-state index contributed by atoms with van der Waals surface area (Å²) in [5.74, 6) is 0.864. The number of aromatic nitrogens is 2. The average Bonchev–Trinajstić information content (AvgIpc) is 2.68. The number of carbonyl (C=O) groups is 1. The summed E-state index contributed by atoms with van der Waals surface area (Å²) < 4.78 is 1.87. The largest absolute Gasteiger partial charge is 0.368 e. The average molecular weight is 314 g/mol. The standard InChI is InChI=1S/C14H17Cl2N3O/c1-8(2)13(14(17)20)19-11-7-9(16)3-4-10(11)18-12(19)5-6-15/h3-4,7-8,13H,5-6H2,1-2H3,(H2,17,20). The van der Waals surface area contributed by atoms with Gasteiger partial charge >= 0.3 is 0 Å². The first-order chi connectivity index (χ1) is 9.45. The molecule has 0 aliphatic heterocycles. The zero-order valence-electron chi connectivity index (χ0n) is 11.4. The predicted molar refractivity (Wildman–Crippen MR) is 82.2 cm³/mol. The minimum absolute atomic E-state index is 0.0537. The molecule has 0 saturated heterocycles. The van der Waals surface area contributed by atoms with E-state index < -0.39 is 6.04 Å². The van der Waals surface area contributed by atoms with Gasteiger partial charge in [0.1, 0.15) is 11.9 Å². The predicted octanol–water partition coefficient (Wildman–Crippen LogP) is 3.15. The normalized spacial score (nSPS) is 13.1. The number of nitrogens with two attached hydrogens (primary N) is 1. The van der Waals surface area contributed by atoms with Gasteiger partial charge in [-0.15, -0.1) is 11.6 Å². The number of benzene rings is 1. The second-order valence-corrected chi connectivity index (χ2v) is 5.88. The van der Waals surface area contributed by atoms with Gasteiger partial charge in [-0.25, -0.2) is 4.98 Å². The maximum absolute atomic E-state index is 11.8. The summed E-state index contributed by atoms with van der Waals surface area (Å²) in [5.41, 5.74) is 7.18. The number of carbonyl (C=O) groups excluding carboxylic acids is 1. The number of alkyl halides is 1. The molecular weight excluding hydrogens is 297 g/mol. The molecule has 2 N–H and O–H groups in total. The smallest absolute Gasteiger partial charge is 0.240 e. The highest BCUT2D eigenvalue weighted by molar-refractivity contribution is 6.31. The van der Waals surface area contributed by atoms with Crippen molar-refractivity contribution in [3.8, 4) is 0 Å². The maximum Gasteiger partial charge on any atom is 0.240 e. The third kappa shape index (κ3) is 2.76. The van der Waals surface area contributed by atoms with Gasteiger partial charge in [-0.3, -0.25) is 4.79 Å². The molecule has 1 unspecified atom stereocenters. The summed E-state index contributed by atoms with van der Waals surface area (Å²) in [6, 6.07) is 4.96. The lowest BCUT2D eigenvalue weighted by atomic mass is 10.0. The van der Waals surface area contributed by atoms with Gasteiger partial charge in [0.2, 0.25) is 5.91 Å². The van der Waals surface area contributed by atoms with E-state index in [0.717, 1.165) is 16.9 Å². The highest BCUT2D eigenvalue weighted by Gasteiger charge is 2.26. The number of hydrogen-bond donors (Lipinski definition) is 1. The molecule has 1 atom stereocenters. The van der Waals surface area contributed by atoms with Crippen LogP contribution in [0.5, 0.6) is 0 Å². The molecule has 0 bridgehead atoms. The van der Waals surface area contributed by atoms with Crippen LogP contribution in [0.3, 0.4) is 0 Å². The van der Waals surface area contributed by atoms with Crippen LogP contribution >= 0.6 is 23.2 Å². The van der Waals surface area contributed by atoms with Crippen LogP contribution in [0.2, 0.25) is 5.02 Å². The zero-order valence-corrected chi connectivity index (χ0v) is 12.9. The molecule has 2 rings (SSSR count). The minimum atomic E-state index is -0.461. The van der Waals surface area contributed by atoms with Crippen LogP contribution in [-0.2, 0) is 11.2 Å². The number of fused-ring (bicyclic) bond motifs is 1. The summed E-state index contributed by atoms with van der Waals surface area (Å²) in [7, 11) is 0. The molecule has 1 aromatic carbocycles. The fourth-order valence-corrected chi connectivity index (χ4v) is 2.78. The van der Waals surface area contributed by atoms with Crippen LogP contribution in [0.4, 0.5) is 0 Å². The van der Waals surface area contributed by atoms with Gasteiger partial charge in [-0.05, 0) is 24.1 Å². The lowest BCUT2D eigenvalue weighted by Gasteiger charge is -2.22. The van der Waals surface area contributed by atoms with Crippen LogP contribution in [0.25, 0.3) is 11.0 Å². The van der Waals surface area contributed by atoms with Crippen molar-refractivity contribution in [2.75, 3.05) is 5.88 Å². The molecule has 0 spiro atoms. The molecule has 0 fully saturated rings. The monoisotopic (exact) mass is 313 g/mol. The Kier molecular flexibility index (Phi) is 4.55. The van der Waals surface area contributed by atoms with Gasteiger partial charge in [0, 0.05) is 17.3 Å². The van der Waals surface area contributed by atoms with Crippen molar-refractivity contribution < 1.29 is 4.79 Å². The summed E-state index contributed by atoms with van der Waals surface area (Å²) >= 11 is 11.9. The van der Waals surface area contributed by atoms with Crippen LogP contribution in [0, 0.1) is 5.92 Å². The molecular formula is C14H17Cl2N3O. The van der Waals surface area contributed by atoms with E-state index in [2.05, 4.69) is 4.98 Å². The van der Waals surface area contributed by atoms with E-state index in [1.54, 1.807) is 12.1 Å². The van der Waals surface area contributed by atoms with E-state index in [1.807, 2.05) is 24.5 Å². The van der Waals surface area contributed by atoms with Crippen molar-refractivity contribution in [1.29, 1.82) is 0 Å². The fraction of sp³-hybridized carbons (Fsp3) is 0.429. The van der Waals surface area contributed by atoms with E-state index >= 15 is 0 Å². The van der Waals surface area contributed by atoms with Crippen molar-refractivity contribution in [3.63, 3.8) is 0 Å². The topological polar surface area (TPSA) is 60.9 Å². The van der Waals surface area contributed by atoms with Gasteiger partial charge in [-0.1, -0.05) is 25.4 Å². The summed E-state index contributed by atoms with van der Waals surface area (Å²) in [6.45, 7) is 3.91. The molecule has 20 heavy (non-hydrogen) atoms. The van der Waals surface area contributed by atoms with Crippen LogP contribution in [-0.4, -0.2) is 21.3 Å². The van der Waals surface area contributed by atoms with E-state index in [9.17, 15) is 4.79 Å². The van der Waals surface area contributed by atoms with E-state index in [1.165, 1.54) is 0 Å². The molecule has 4 nitrogen and oxygen atoms in total.